The molecule has 1 amide bonds. The Morgan fingerprint density at radius 2 is 2.05 bits per heavy atom. The fourth-order valence-corrected chi connectivity index (χ4v) is 1.88. The zero-order valence-corrected chi connectivity index (χ0v) is 11.1. The van der Waals surface area contributed by atoms with Crippen LogP contribution in [0.5, 0.6) is 0 Å². The Morgan fingerprint density at radius 1 is 1.37 bits per heavy atom. The number of hydrogen-bond acceptors (Lipinski definition) is 3. The topological polar surface area (TPSA) is 67.2 Å². The van der Waals surface area contributed by atoms with Crippen molar-refractivity contribution in [3.63, 3.8) is 0 Å². The molecule has 0 bridgehead atoms. The molecule has 2 N–H and O–H groups in total. The van der Waals surface area contributed by atoms with Crippen molar-refractivity contribution in [1.82, 2.24) is 15.1 Å². The Hall–Kier alpha value is -2.14. The number of aliphatic hydroxyl groups is 1. The third-order valence-corrected chi connectivity index (χ3v) is 3.21. The van der Waals surface area contributed by atoms with E-state index >= 15 is 0 Å². The molecule has 1 aromatic carbocycles. The van der Waals surface area contributed by atoms with Crippen LogP contribution in [0.3, 0.4) is 0 Å². The smallest absolute Gasteiger partial charge is 0.255 e. The highest BCUT2D eigenvalue weighted by molar-refractivity contribution is 5.94. The minimum atomic E-state index is -0.154. The van der Waals surface area contributed by atoms with Crippen molar-refractivity contribution in [1.29, 1.82) is 0 Å². The number of benzene rings is 1. The lowest BCUT2D eigenvalue weighted by atomic mass is 10.1. The van der Waals surface area contributed by atoms with E-state index in [0.717, 1.165) is 16.8 Å². The number of carbonyl (C=O) groups is 1. The number of nitrogens with one attached hydrogen (secondary N) is 1. The fourth-order valence-electron chi connectivity index (χ4n) is 1.88. The van der Waals surface area contributed by atoms with Gasteiger partial charge in [-0.3, -0.25) is 9.48 Å². The molecule has 0 saturated heterocycles. The van der Waals surface area contributed by atoms with E-state index < -0.39 is 0 Å². The van der Waals surface area contributed by atoms with Crippen molar-refractivity contribution in [3.8, 4) is 0 Å². The second-order valence-electron chi connectivity index (χ2n) is 4.38. The van der Waals surface area contributed by atoms with Gasteiger partial charge in [-0.15, -0.1) is 0 Å². The van der Waals surface area contributed by atoms with Gasteiger partial charge in [0.05, 0.1) is 18.4 Å². The molecule has 0 aliphatic carbocycles. The monoisotopic (exact) mass is 259 g/mol. The average Bonchev–Trinajstić information content (AvgIpc) is 2.77. The lowest BCUT2D eigenvalue weighted by Crippen LogP contribution is -2.23. The van der Waals surface area contributed by atoms with E-state index in [1.165, 1.54) is 0 Å². The molecule has 1 aromatic heterocycles. The van der Waals surface area contributed by atoms with Gasteiger partial charge in [0.25, 0.3) is 5.91 Å². The van der Waals surface area contributed by atoms with E-state index in [2.05, 4.69) is 10.4 Å². The van der Waals surface area contributed by atoms with Crippen LogP contribution in [0.1, 0.15) is 27.2 Å². The number of nitrogens with zero attached hydrogens (tertiary/aromatic N) is 2. The molecule has 2 rings (SSSR count). The summed E-state index contributed by atoms with van der Waals surface area (Å²) in [5.41, 5.74) is 3.14. The van der Waals surface area contributed by atoms with Gasteiger partial charge in [-0.1, -0.05) is 24.3 Å². The van der Waals surface area contributed by atoms with Crippen molar-refractivity contribution in [2.24, 2.45) is 7.05 Å². The van der Waals surface area contributed by atoms with E-state index in [9.17, 15) is 9.90 Å². The summed E-state index contributed by atoms with van der Waals surface area (Å²) in [4.78, 5) is 12.0. The number of aryl methyl sites for hydroxylation is 1. The van der Waals surface area contributed by atoms with Crippen LogP contribution in [-0.2, 0) is 20.2 Å². The summed E-state index contributed by atoms with van der Waals surface area (Å²) in [5, 5.41) is 16.1. The lowest BCUT2D eigenvalue weighted by Gasteiger charge is -2.08. The highest BCUT2D eigenvalue weighted by Crippen LogP contribution is 2.10. The van der Waals surface area contributed by atoms with Crippen molar-refractivity contribution in [3.05, 3.63) is 52.8 Å². The number of amides is 1. The van der Waals surface area contributed by atoms with E-state index in [4.69, 9.17) is 0 Å². The van der Waals surface area contributed by atoms with Gasteiger partial charge in [-0.05, 0) is 18.1 Å². The molecule has 5 heteroatoms. The third-order valence-electron chi connectivity index (χ3n) is 3.21. The predicted molar refractivity (Wildman–Crippen MR) is 71.5 cm³/mol. The number of hydrogen-bond donors (Lipinski definition) is 2. The summed E-state index contributed by atoms with van der Waals surface area (Å²) in [6, 6.07) is 7.48. The van der Waals surface area contributed by atoms with Crippen molar-refractivity contribution in [2.75, 3.05) is 0 Å². The average molecular weight is 259 g/mol. The van der Waals surface area contributed by atoms with Crippen molar-refractivity contribution in [2.45, 2.75) is 20.1 Å². The summed E-state index contributed by atoms with van der Waals surface area (Å²) < 4.78 is 1.66. The van der Waals surface area contributed by atoms with Crippen LogP contribution in [0, 0.1) is 6.92 Å². The number of aliphatic hydroxyl groups excluding tert-OH is 1. The summed E-state index contributed by atoms with van der Waals surface area (Å²) >= 11 is 0. The van der Waals surface area contributed by atoms with E-state index in [0.29, 0.717) is 12.1 Å². The standard InChI is InChI=1S/C14H17N3O2/c1-10-13(8-16-17(10)2)14(19)15-7-11-5-3-4-6-12(11)9-18/h3-6,8,18H,7,9H2,1-2H3,(H,15,19). The van der Waals surface area contributed by atoms with Gasteiger partial charge in [-0.2, -0.15) is 5.10 Å². The van der Waals surface area contributed by atoms with Gasteiger partial charge in [-0.25, -0.2) is 0 Å². The van der Waals surface area contributed by atoms with E-state index in [-0.39, 0.29) is 12.5 Å². The van der Waals surface area contributed by atoms with Crippen LogP contribution in [0.2, 0.25) is 0 Å². The van der Waals surface area contributed by atoms with Crippen molar-refractivity contribution < 1.29 is 9.90 Å². The molecule has 0 atom stereocenters. The first-order valence-electron chi connectivity index (χ1n) is 6.08. The molecule has 0 aliphatic rings. The molecule has 100 valence electrons. The zero-order chi connectivity index (χ0) is 13.8. The largest absolute Gasteiger partial charge is 0.392 e. The Kier molecular flexibility index (Phi) is 3.97. The highest BCUT2D eigenvalue weighted by Gasteiger charge is 2.12. The molecular weight excluding hydrogens is 242 g/mol. The zero-order valence-electron chi connectivity index (χ0n) is 11.1. The molecular formula is C14H17N3O2. The normalized spacial score (nSPS) is 10.5. The lowest BCUT2D eigenvalue weighted by molar-refractivity contribution is 0.0950. The summed E-state index contributed by atoms with van der Waals surface area (Å²) in [6.45, 7) is 2.21. The highest BCUT2D eigenvalue weighted by atomic mass is 16.3. The minimum absolute atomic E-state index is 0.0298. The van der Waals surface area contributed by atoms with Crippen molar-refractivity contribution >= 4 is 5.91 Å². The Labute approximate surface area is 111 Å². The molecule has 5 nitrogen and oxygen atoms in total. The van der Waals surface area contributed by atoms with Crippen LogP contribution < -0.4 is 5.32 Å². The summed E-state index contributed by atoms with van der Waals surface area (Å²) in [7, 11) is 1.80. The SMILES string of the molecule is Cc1c(C(=O)NCc2ccccc2CO)cnn1C. The van der Waals surface area contributed by atoms with Gasteiger partial charge in [0.15, 0.2) is 0 Å². The Bertz CT molecular complexity index is 590. The molecule has 19 heavy (non-hydrogen) atoms. The molecule has 2 aromatic rings. The number of aromatic nitrogens is 2. The first-order valence-corrected chi connectivity index (χ1v) is 6.08. The fraction of sp³-hybridized carbons (Fsp3) is 0.286. The van der Waals surface area contributed by atoms with Crippen LogP contribution in [-0.4, -0.2) is 20.8 Å². The summed E-state index contributed by atoms with van der Waals surface area (Å²) in [5.74, 6) is -0.154. The van der Waals surface area contributed by atoms with E-state index in [1.807, 2.05) is 31.2 Å². The molecule has 0 saturated carbocycles. The maximum absolute atomic E-state index is 12.0. The second kappa shape index (κ2) is 5.67. The third kappa shape index (κ3) is 2.82. The first kappa shape index (κ1) is 13.3. The minimum Gasteiger partial charge on any atom is -0.392 e. The maximum atomic E-state index is 12.0. The van der Waals surface area contributed by atoms with Gasteiger partial charge in [0.2, 0.25) is 0 Å². The molecule has 1 heterocycles. The van der Waals surface area contributed by atoms with Gasteiger partial charge in [0, 0.05) is 19.3 Å². The molecule has 0 fully saturated rings. The number of rotatable bonds is 4. The summed E-state index contributed by atoms with van der Waals surface area (Å²) in [6.07, 6.45) is 1.56. The van der Waals surface area contributed by atoms with E-state index in [1.54, 1.807) is 17.9 Å². The molecule has 0 spiro atoms. The van der Waals surface area contributed by atoms with Gasteiger partial charge in [0.1, 0.15) is 0 Å². The Morgan fingerprint density at radius 3 is 2.63 bits per heavy atom. The van der Waals surface area contributed by atoms with Crippen LogP contribution in [0.25, 0.3) is 0 Å². The van der Waals surface area contributed by atoms with Gasteiger partial charge >= 0.3 is 0 Å². The van der Waals surface area contributed by atoms with Gasteiger partial charge < -0.3 is 10.4 Å². The predicted octanol–water partition coefficient (Wildman–Crippen LogP) is 1.15. The number of carbonyl (C=O) groups excluding carboxylic acids is 1. The van der Waals surface area contributed by atoms with Crippen LogP contribution >= 0.6 is 0 Å². The second-order valence-corrected chi connectivity index (χ2v) is 4.38. The van der Waals surface area contributed by atoms with Crippen LogP contribution in [0.15, 0.2) is 30.5 Å². The first-order chi connectivity index (χ1) is 9.13. The molecule has 0 unspecified atom stereocenters. The maximum Gasteiger partial charge on any atom is 0.255 e. The quantitative estimate of drug-likeness (QED) is 0.865. The molecule has 0 aliphatic heterocycles. The Balaban J connectivity index is 2.07. The van der Waals surface area contributed by atoms with Crippen LogP contribution in [0.4, 0.5) is 0 Å². The molecule has 0 radical (unpaired) electrons.